The molecule has 84 valence electrons. The van der Waals surface area contributed by atoms with Gasteiger partial charge in [0.25, 0.3) is 0 Å². The Morgan fingerprint density at radius 2 is 1.60 bits per heavy atom. The maximum Gasteiger partial charge on any atom is 0.115 e. The van der Waals surface area contributed by atoms with Gasteiger partial charge in [-0.05, 0) is 17.9 Å². The lowest BCUT2D eigenvalue weighted by Crippen LogP contribution is -2.16. The summed E-state index contributed by atoms with van der Waals surface area (Å²) in [6, 6.07) is 2.13. The van der Waals surface area contributed by atoms with Crippen LogP contribution >= 0.6 is 0 Å². The summed E-state index contributed by atoms with van der Waals surface area (Å²) in [6.45, 7) is 13.2. The molecule has 0 aliphatic carbocycles. The van der Waals surface area contributed by atoms with Crippen molar-refractivity contribution < 1.29 is 0 Å². The molecule has 0 atom stereocenters. The lowest BCUT2D eigenvalue weighted by molar-refractivity contribution is 0.405. The van der Waals surface area contributed by atoms with Crippen molar-refractivity contribution >= 4 is 0 Å². The highest BCUT2D eigenvalue weighted by atomic mass is 14.8. The molecule has 2 heteroatoms. The normalized spacial score (nSPS) is 12.9. The van der Waals surface area contributed by atoms with Crippen molar-refractivity contribution in [3.05, 3.63) is 23.8 Å². The molecular formula is C13H22N2. The van der Waals surface area contributed by atoms with Gasteiger partial charge in [-0.2, -0.15) is 0 Å². The van der Waals surface area contributed by atoms with Crippen LogP contribution in [-0.2, 0) is 11.8 Å². The van der Waals surface area contributed by atoms with E-state index in [0.29, 0.717) is 0 Å². The van der Waals surface area contributed by atoms with Crippen LogP contribution in [0.2, 0.25) is 0 Å². The minimum absolute atomic E-state index is 0.107. The molecule has 1 aromatic heterocycles. The van der Waals surface area contributed by atoms with Crippen molar-refractivity contribution in [3.8, 4) is 0 Å². The van der Waals surface area contributed by atoms with Gasteiger partial charge < -0.3 is 0 Å². The van der Waals surface area contributed by atoms with Crippen LogP contribution in [0.4, 0.5) is 0 Å². The van der Waals surface area contributed by atoms with Gasteiger partial charge >= 0.3 is 0 Å². The van der Waals surface area contributed by atoms with E-state index in [-0.39, 0.29) is 10.8 Å². The fourth-order valence-corrected chi connectivity index (χ4v) is 1.45. The maximum absolute atomic E-state index is 4.33. The van der Waals surface area contributed by atoms with Crippen molar-refractivity contribution in [1.82, 2.24) is 9.97 Å². The van der Waals surface area contributed by atoms with Crippen molar-refractivity contribution in [2.75, 3.05) is 0 Å². The number of hydrogen-bond acceptors (Lipinski definition) is 2. The van der Waals surface area contributed by atoms with Gasteiger partial charge in [0.2, 0.25) is 0 Å². The molecule has 0 spiro atoms. The van der Waals surface area contributed by atoms with E-state index in [1.807, 2.05) is 0 Å². The van der Waals surface area contributed by atoms with Crippen LogP contribution in [0.1, 0.15) is 52.9 Å². The number of aromatic nitrogens is 2. The number of hydrogen-bond donors (Lipinski definition) is 0. The largest absolute Gasteiger partial charge is 0.241 e. The van der Waals surface area contributed by atoms with Crippen molar-refractivity contribution in [2.24, 2.45) is 5.41 Å². The monoisotopic (exact) mass is 206 g/mol. The molecule has 0 aliphatic rings. The molecule has 0 aliphatic heterocycles. The van der Waals surface area contributed by atoms with Crippen molar-refractivity contribution in [1.29, 1.82) is 0 Å². The minimum atomic E-state index is 0.107. The predicted molar refractivity (Wildman–Crippen MR) is 63.9 cm³/mol. The van der Waals surface area contributed by atoms with Crippen LogP contribution in [-0.4, -0.2) is 9.97 Å². The Hall–Kier alpha value is -0.920. The Morgan fingerprint density at radius 1 is 1.00 bits per heavy atom. The molecule has 0 saturated carbocycles. The van der Waals surface area contributed by atoms with Gasteiger partial charge in [-0.15, -0.1) is 0 Å². The van der Waals surface area contributed by atoms with E-state index in [4.69, 9.17) is 0 Å². The molecule has 0 saturated heterocycles. The third-order valence-electron chi connectivity index (χ3n) is 2.20. The second kappa shape index (κ2) is 3.92. The zero-order chi connectivity index (χ0) is 11.7. The van der Waals surface area contributed by atoms with Gasteiger partial charge in [0.15, 0.2) is 0 Å². The highest BCUT2D eigenvalue weighted by Crippen LogP contribution is 2.23. The Kier molecular flexibility index (Phi) is 3.17. The van der Waals surface area contributed by atoms with Gasteiger partial charge in [-0.3, -0.25) is 0 Å². The molecule has 0 aromatic carbocycles. The summed E-state index contributed by atoms with van der Waals surface area (Å²) in [6.07, 6.45) is 2.68. The third kappa shape index (κ3) is 3.98. The van der Waals surface area contributed by atoms with E-state index in [1.54, 1.807) is 6.33 Å². The quantitative estimate of drug-likeness (QED) is 0.704. The van der Waals surface area contributed by atoms with Crippen molar-refractivity contribution in [2.45, 2.75) is 53.4 Å². The average Bonchev–Trinajstić information content (AvgIpc) is 1.99. The van der Waals surface area contributed by atoms with E-state index in [0.717, 1.165) is 17.8 Å². The zero-order valence-electron chi connectivity index (χ0n) is 10.8. The highest BCUT2D eigenvalue weighted by molar-refractivity contribution is 5.16. The fraction of sp³-hybridized carbons (Fsp3) is 0.692. The first-order chi connectivity index (χ1) is 6.68. The zero-order valence-corrected chi connectivity index (χ0v) is 10.8. The number of rotatable bonds is 1. The van der Waals surface area contributed by atoms with Crippen molar-refractivity contribution in [3.63, 3.8) is 0 Å². The molecule has 0 bridgehead atoms. The molecule has 0 N–H and O–H groups in total. The molecule has 1 aromatic rings. The van der Waals surface area contributed by atoms with Crippen LogP contribution in [0.25, 0.3) is 0 Å². The van der Waals surface area contributed by atoms with Crippen LogP contribution < -0.4 is 0 Å². The summed E-state index contributed by atoms with van der Waals surface area (Å²) in [5, 5.41) is 0. The molecule has 0 radical (unpaired) electrons. The van der Waals surface area contributed by atoms with E-state index >= 15 is 0 Å². The number of nitrogens with zero attached hydrogens (tertiary/aromatic N) is 2. The Labute approximate surface area is 93.2 Å². The second-order valence-electron chi connectivity index (χ2n) is 6.38. The first kappa shape index (κ1) is 12.2. The smallest absolute Gasteiger partial charge is 0.115 e. The topological polar surface area (TPSA) is 25.8 Å². The summed E-state index contributed by atoms with van der Waals surface area (Å²) in [7, 11) is 0. The molecule has 1 rings (SSSR count). The molecular weight excluding hydrogens is 184 g/mol. The van der Waals surface area contributed by atoms with Gasteiger partial charge in [-0.25, -0.2) is 9.97 Å². The molecule has 15 heavy (non-hydrogen) atoms. The first-order valence-electron chi connectivity index (χ1n) is 5.50. The Balaban J connectivity index is 2.94. The van der Waals surface area contributed by atoms with E-state index in [2.05, 4.69) is 57.6 Å². The molecule has 2 nitrogen and oxygen atoms in total. The lowest BCUT2D eigenvalue weighted by Gasteiger charge is -2.21. The highest BCUT2D eigenvalue weighted by Gasteiger charge is 2.18. The standard InChI is InChI=1S/C13H22N2/c1-12(2,3)8-10-7-11(13(4,5)6)15-9-14-10/h7,9H,8H2,1-6H3. The van der Waals surface area contributed by atoms with Crippen LogP contribution in [0, 0.1) is 5.41 Å². The van der Waals surface area contributed by atoms with E-state index in [1.165, 1.54) is 0 Å². The molecule has 0 fully saturated rings. The second-order valence-corrected chi connectivity index (χ2v) is 6.38. The predicted octanol–water partition coefficient (Wildman–Crippen LogP) is 3.36. The fourth-order valence-electron chi connectivity index (χ4n) is 1.45. The lowest BCUT2D eigenvalue weighted by atomic mass is 9.87. The summed E-state index contributed by atoms with van der Waals surface area (Å²) < 4.78 is 0. The average molecular weight is 206 g/mol. The maximum atomic E-state index is 4.33. The van der Waals surface area contributed by atoms with Crippen LogP contribution in [0.3, 0.4) is 0 Å². The molecule has 1 heterocycles. The summed E-state index contributed by atoms with van der Waals surface area (Å²) in [5.74, 6) is 0. The van der Waals surface area contributed by atoms with Crippen LogP contribution in [0.5, 0.6) is 0 Å². The molecule has 0 unspecified atom stereocenters. The summed E-state index contributed by atoms with van der Waals surface area (Å²) >= 11 is 0. The minimum Gasteiger partial charge on any atom is -0.241 e. The van der Waals surface area contributed by atoms with Gasteiger partial charge in [0, 0.05) is 16.8 Å². The van der Waals surface area contributed by atoms with Gasteiger partial charge in [0.1, 0.15) is 6.33 Å². The SMILES string of the molecule is CC(C)(C)Cc1cc(C(C)(C)C)ncn1. The molecule has 0 amide bonds. The van der Waals surface area contributed by atoms with E-state index < -0.39 is 0 Å². The first-order valence-corrected chi connectivity index (χ1v) is 5.50. The van der Waals surface area contributed by atoms with Crippen LogP contribution in [0.15, 0.2) is 12.4 Å². The summed E-state index contributed by atoms with van der Waals surface area (Å²) in [4.78, 5) is 8.66. The van der Waals surface area contributed by atoms with Gasteiger partial charge in [-0.1, -0.05) is 41.5 Å². The third-order valence-corrected chi connectivity index (χ3v) is 2.20. The Morgan fingerprint density at radius 3 is 2.07 bits per heavy atom. The van der Waals surface area contributed by atoms with E-state index in [9.17, 15) is 0 Å². The summed E-state index contributed by atoms with van der Waals surface area (Å²) in [5.41, 5.74) is 2.65. The Bertz CT molecular complexity index is 329. The van der Waals surface area contributed by atoms with Gasteiger partial charge in [0.05, 0.1) is 0 Å².